The molecule has 0 aromatic heterocycles. The molecule has 27 heavy (non-hydrogen) atoms. The topological polar surface area (TPSA) is 188 Å². The van der Waals surface area contributed by atoms with Crippen LogP contribution in [0.5, 0.6) is 0 Å². The highest BCUT2D eigenvalue weighted by atomic mass is 32.1. The normalized spacial score (nSPS) is 14.0. The molecule has 7 N–H and O–H groups in total. The fraction of sp³-hybridized carbons (Fsp3) is 0.667. The molecule has 3 atom stereocenters. The van der Waals surface area contributed by atoms with Gasteiger partial charge in [-0.3, -0.25) is 24.0 Å². The number of thiol groups is 1. The van der Waals surface area contributed by atoms with Crippen molar-refractivity contribution in [1.82, 2.24) is 16.0 Å². The van der Waals surface area contributed by atoms with Gasteiger partial charge in [0.15, 0.2) is 0 Å². The van der Waals surface area contributed by atoms with Crippen LogP contribution in [0.4, 0.5) is 0 Å². The van der Waals surface area contributed by atoms with E-state index in [0.29, 0.717) is 0 Å². The highest BCUT2D eigenvalue weighted by molar-refractivity contribution is 7.80. The maximum Gasteiger partial charge on any atom is 0.322 e. The molecule has 11 nitrogen and oxygen atoms in total. The molecule has 0 aliphatic rings. The van der Waals surface area contributed by atoms with Crippen LogP contribution in [-0.4, -0.2) is 70.3 Å². The summed E-state index contributed by atoms with van der Waals surface area (Å²) < 4.78 is 0. The van der Waals surface area contributed by atoms with Gasteiger partial charge in [-0.25, -0.2) is 0 Å². The molecule has 0 fully saturated rings. The summed E-state index contributed by atoms with van der Waals surface area (Å²) in [5.41, 5.74) is 5.44. The molecular formula is C15H26N4O7S. The van der Waals surface area contributed by atoms with Gasteiger partial charge in [-0.2, -0.15) is 12.6 Å². The smallest absolute Gasteiger partial charge is 0.322 e. The summed E-state index contributed by atoms with van der Waals surface area (Å²) in [6.45, 7) is 3.03. The number of carboxylic acid groups (broad SMARTS) is 2. The van der Waals surface area contributed by atoms with Crippen LogP contribution in [0.25, 0.3) is 0 Å². The minimum Gasteiger partial charge on any atom is -0.481 e. The van der Waals surface area contributed by atoms with Gasteiger partial charge in [0.05, 0.1) is 12.5 Å². The quantitative estimate of drug-likeness (QED) is 0.180. The lowest BCUT2D eigenvalue weighted by atomic mass is 10.0. The van der Waals surface area contributed by atoms with E-state index in [0.717, 1.165) is 0 Å². The largest absolute Gasteiger partial charge is 0.481 e. The molecule has 154 valence electrons. The summed E-state index contributed by atoms with van der Waals surface area (Å²) >= 11 is 3.97. The Labute approximate surface area is 161 Å². The van der Waals surface area contributed by atoms with E-state index in [1.165, 1.54) is 0 Å². The first-order valence-electron chi connectivity index (χ1n) is 8.16. The lowest BCUT2D eigenvalue weighted by molar-refractivity contribution is -0.139. The van der Waals surface area contributed by atoms with Gasteiger partial charge in [-0.15, -0.1) is 0 Å². The van der Waals surface area contributed by atoms with Crippen molar-refractivity contribution in [2.24, 2.45) is 11.7 Å². The van der Waals surface area contributed by atoms with E-state index in [9.17, 15) is 24.0 Å². The molecule has 0 aliphatic heterocycles. The van der Waals surface area contributed by atoms with Crippen LogP contribution >= 0.6 is 12.6 Å². The first kappa shape index (κ1) is 24.7. The summed E-state index contributed by atoms with van der Waals surface area (Å²) in [6.07, 6.45) is -0.372. The minimum atomic E-state index is -1.34. The predicted octanol–water partition coefficient (Wildman–Crippen LogP) is -2.07. The van der Waals surface area contributed by atoms with E-state index in [-0.39, 0.29) is 18.1 Å². The van der Waals surface area contributed by atoms with E-state index in [1.54, 1.807) is 0 Å². The number of carbonyl (C=O) groups is 5. The van der Waals surface area contributed by atoms with Crippen molar-refractivity contribution in [3.05, 3.63) is 0 Å². The summed E-state index contributed by atoms with van der Waals surface area (Å²) in [6, 6.07) is -3.51. The van der Waals surface area contributed by atoms with Crippen LogP contribution in [0, 0.1) is 5.92 Å². The van der Waals surface area contributed by atoms with Crippen molar-refractivity contribution in [2.75, 3.05) is 12.3 Å². The van der Waals surface area contributed by atoms with Crippen LogP contribution in [0.2, 0.25) is 0 Å². The molecule has 0 rings (SSSR count). The standard InChI is InChI=1S/C15H26N4O7S/c1-7(2)3-9(14(25)17-5-12(22)23)18-15(26)10(6-27)19-13(24)8(16)4-11(20)21/h7-10,27H,3-6,16H2,1-2H3,(H,17,25)(H,18,26)(H,19,24)(H,20,21)(H,22,23). The number of nitrogens with one attached hydrogen (secondary N) is 3. The Bertz CT molecular complexity index is 570. The van der Waals surface area contributed by atoms with Crippen molar-refractivity contribution in [2.45, 2.75) is 44.8 Å². The van der Waals surface area contributed by atoms with Crippen molar-refractivity contribution >= 4 is 42.3 Å². The van der Waals surface area contributed by atoms with Crippen molar-refractivity contribution in [1.29, 1.82) is 0 Å². The van der Waals surface area contributed by atoms with E-state index < -0.39 is 60.8 Å². The van der Waals surface area contributed by atoms with E-state index in [2.05, 4.69) is 28.6 Å². The Morgan fingerprint density at radius 2 is 1.48 bits per heavy atom. The van der Waals surface area contributed by atoms with Crippen molar-refractivity contribution < 1.29 is 34.2 Å². The van der Waals surface area contributed by atoms with Crippen molar-refractivity contribution in [3.63, 3.8) is 0 Å². The highest BCUT2D eigenvalue weighted by Gasteiger charge is 2.28. The van der Waals surface area contributed by atoms with Gasteiger partial charge < -0.3 is 31.9 Å². The minimum absolute atomic E-state index is 0.0129. The third kappa shape index (κ3) is 10.4. The second-order valence-electron chi connectivity index (χ2n) is 6.25. The number of nitrogens with two attached hydrogens (primary N) is 1. The van der Waals surface area contributed by atoms with Gasteiger partial charge in [0.2, 0.25) is 17.7 Å². The fourth-order valence-electron chi connectivity index (χ4n) is 2.01. The van der Waals surface area contributed by atoms with Gasteiger partial charge in [0, 0.05) is 5.75 Å². The number of amides is 3. The van der Waals surface area contributed by atoms with Crippen LogP contribution < -0.4 is 21.7 Å². The zero-order valence-electron chi connectivity index (χ0n) is 15.1. The van der Waals surface area contributed by atoms with Crippen LogP contribution in [-0.2, 0) is 24.0 Å². The average Bonchev–Trinajstić information content (AvgIpc) is 2.55. The van der Waals surface area contributed by atoms with Crippen LogP contribution in [0.1, 0.15) is 26.7 Å². The average molecular weight is 406 g/mol. The zero-order chi connectivity index (χ0) is 21.1. The highest BCUT2D eigenvalue weighted by Crippen LogP contribution is 2.06. The molecule has 0 aromatic rings. The summed E-state index contributed by atoms with van der Waals surface area (Å²) in [5.74, 6) is -4.85. The maximum atomic E-state index is 12.4. The molecule has 0 bridgehead atoms. The number of carboxylic acids is 2. The second kappa shape index (κ2) is 12.1. The third-order valence-electron chi connectivity index (χ3n) is 3.30. The van der Waals surface area contributed by atoms with Gasteiger partial charge in [-0.1, -0.05) is 13.8 Å². The summed E-state index contributed by atoms with van der Waals surface area (Å²) in [4.78, 5) is 57.5. The fourth-order valence-corrected chi connectivity index (χ4v) is 2.27. The number of hydrogen-bond acceptors (Lipinski definition) is 7. The van der Waals surface area contributed by atoms with Gasteiger partial charge in [-0.05, 0) is 12.3 Å². The monoisotopic (exact) mass is 406 g/mol. The van der Waals surface area contributed by atoms with E-state index >= 15 is 0 Å². The predicted molar refractivity (Wildman–Crippen MR) is 98.0 cm³/mol. The molecule has 0 saturated heterocycles. The molecule has 0 aliphatic carbocycles. The van der Waals surface area contributed by atoms with Crippen LogP contribution in [0.3, 0.4) is 0 Å². The Morgan fingerprint density at radius 3 is 1.93 bits per heavy atom. The number of carbonyl (C=O) groups excluding carboxylic acids is 3. The molecule has 0 saturated carbocycles. The lowest BCUT2D eigenvalue weighted by Gasteiger charge is -2.24. The summed E-state index contributed by atoms with van der Waals surface area (Å²) in [7, 11) is 0. The maximum absolute atomic E-state index is 12.4. The SMILES string of the molecule is CC(C)CC(NC(=O)C(CS)NC(=O)C(N)CC(=O)O)C(=O)NCC(=O)O. The number of hydrogen-bond donors (Lipinski definition) is 7. The Kier molecular flexibility index (Phi) is 11.1. The Hall–Kier alpha value is -2.34. The van der Waals surface area contributed by atoms with Gasteiger partial charge in [0.1, 0.15) is 18.6 Å². The van der Waals surface area contributed by atoms with E-state index in [4.69, 9.17) is 15.9 Å². The Balaban J connectivity index is 4.98. The van der Waals surface area contributed by atoms with Gasteiger partial charge in [0.25, 0.3) is 0 Å². The number of aliphatic carboxylic acids is 2. The van der Waals surface area contributed by atoms with Crippen molar-refractivity contribution in [3.8, 4) is 0 Å². The first-order chi connectivity index (χ1) is 12.5. The van der Waals surface area contributed by atoms with Gasteiger partial charge >= 0.3 is 11.9 Å². The Morgan fingerprint density at radius 1 is 0.926 bits per heavy atom. The van der Waals surface area contributed by atoms with E-state index in [1.807, 2.05) is 13.8 Å². The lowest BCUT2D eigenvalue weighted by Crippen LogP contribution is -2.57. The summed E-state index contributed by atoms with van der Waals surface area (Å²) in [5, 5.41) is 24.2. The molecule has 12 heteroatoms. The second-order valence-corrected chi connectivity index (χ2v) is 6.62. The molecule has 0 spiro atoms. The zero-order valence-corrected chi connectivity index (χ0v) is 16.0. The molecule has 0 heterocycles. The third-order valence-corrected chi connectivity index (χ3v) is 3.67. The van der Waals surface area contributed by atoms with Crippen LogP contribution in [0.15, 0.2) is 0 Å². The molecule has 0 radical (unpaired) electrons. The number of rotatable bonds is 12. The molecule has 0 aromatic carbocycles. The molecule has 3 amide bonds. The first-order valence-corrected chi connectivity index (χ1v) is 8.79. The molecule has 3 unspecified atom stereocenters. The molecular weight excluding hydrogens is 380 g/mol.